The third-order valence-corrected chi connectivity index (χ3v) is 4.76. The summed E-state index contributed by atoms with van der Waals surface area (Å²) >= 11 is 0. The van der Waals surface area contributed by atoms with Crippen molar-refractivity contribution in [2.24, 2.45) is 0 Å². The molecule has 0 aliphatic carbocycles. The second-order valence-electron chi connectivity index (χ2n) is 3.01. The van der Waals surface area contributed by atoms with Crippen LogP contribution in [0.4, 0.5) is 0 Å². The van der Waals surface area contributed by atoms with Crippen LogP contribution in [-0.2, 0) is 30.4 Å². The van der Waals surface area contributed by atoms with E-state index >= 15 is 0 Å². The third kappa shape index (κ3) is 4.47. The van der Waals surface area contributed by atoms with E-state index in [1.54, 1.807) is 0 Å². The first-order valence-corrected chi connectivity index (χ1v) is 8.22. The second-order valence-corrected chi connectivity index (χ2v) is 7.15. The Morgan fingerprint density at radius 3 is 1.21 bits per heavy atom. The third-order valence-electron chi connectivity index (χ3n) is 1.76. The zero-order chi connectivity index (χ0) is 14.4. The molecule has 0 bridgehead atoms. The molecule has 9 nitrogen and oxygen atoms in total. The zero-order valence-corrected chi connectivity index (χ0v) is 10.7. The topological polar surface area (TPSA) is 163 Å². The van der Waals surface area contributed by atoms with Gasteiger partial charge in [-0.2, -0.15) is 25.3 Å². The van der Waals surface area contributed by atoms with Crippen LogP contribution >= 0.6 is 0 Å². The maximum atomic E-state index is 11.0. The minimum absolute atomic E-state index is 0. The Morgan fingerprint density at radius 1 is 0.684 bits per heavy atom. The van der Waals surface area contributed by atoms with Gasteiger partial charge in [0, 0.05) is 0 Å². The molecule has 0 aromatic heterocycles. The Labute approximate surface area is 131 Å². The molecular weight excluding hydrogens is 335 g/mol. The summed E-state index contributed by atoms with van der Waals surface area (Å²) in [4.78, 5) is -4.34. The van der Waals surface area contributed by atoms with Crippen molar-refractivity contribution >= 4 is 59.9 Å². The molecule has 0 aliphatic heterocycles. The standard InChI is InChI=1S/C6H6O9S3.Na.H/c7-16(8,9)4-2-1-3-5(17(10,11)12)6(4)18(13,14)15;;/h1-3H,(H,7,8,9)(H,10,11,12)(H,13,14,15);;. The quantitative estimate of drug-likeness (QED) is 0.451. The molecule has 0 spiro atoms. The Morgan fingerprint density at radius 2 is 1.00 bits per heavy atom. The molecular formula is C6H7NaO9S3. The van der Waals surface area contributed by atoms with Gasteiger partial charge in [0.05, 0.1) is 0 Å². The van der Waals surface area contributed by atoms with Crippen molar-refractivity contribution in [1.82, 2.24) is 0 Å². The van der Waals surface area contributed by atoms with Crippen molar-refractivity contribution in [3.8, 4) is 0 Å². The summed E-state index contributed by atoms with van der Waals surface area (Å²) in [5.74, 6) is 0. The number of rotatable bonds is 3. The van der Waals surface area contributed by atoms with Gasteiger partial charge in [0.2, 0.25) is 0 Å². The first-order chi connectivity index (χ1) is 7.85. The van der Waals surface area contributed by atoms with Crippen LogP contribution in [0, 0.1) is 0 Å². The van der Waals surface area contributed by atoms with Gasteiger partial charge < -0.3 is 0 Å². The fourth-order valence-electron chi connectivity index (χ4n) is 1.16. The molecule has 1 rings (SSSR count). The van der Waals surface area contributed by atoms with Crippen molar-refractivity contribution in [2.75, 3.05) is 0 Å². The Balaban J connectivity index is 0.00000324. The molecule has 0 unspecified atom stereocenters. The predicted octanol–water partition coefficient (Wildman–Crippen LogP) is -1.22. The summed E-state index contributed by atoms with van der Waals surface area (Å²) in [6, 6.07) is 1.86. The van der Waals surface area contributed by atoms with Crippen LogP contribution in [0.15, 0.2) is 32.9 Å². The minimum atomic E-state index is -5.31. The summed E-state index contributed by atoms with van der Waals surface area (Å²) in [6.45, 7) is 0. The van der Waals surface area contributed by atoms with Crippen LogP contribution in [0.2, 0.25) is 0 Å². The fraction of sp³-hybridized carbons (Fsp3) is 0. The molecule has 13 heteroatoms. The monoisotopic (exact) mass is 342 g/mol. The SMILES string of the molecule is O=S(=O)(O)c1cccc(S(=O)(=O)O)c1S(=O)(=O)O.[NaH]. The Hall–Kier alpha value is -0.0500. The van der Waals surface area contributed by atoms with E-state index in [-0.39, 0.29) is 29.6 Å². The van der Waals surface area contributed by atoms with E-state index < -0.39 is 45.0 Å². The van der Waals surface area contributed by atoms with Crippen molar-refractivity contribution in [1.29, 1.82) is 0 Å². The average Bonchev–Trinajstić information content (AvgIpc) is 2.12. The summed E-state index contributed by atoms with van der Waals surface area (Å²) in [6.07, 6.45) is 0. The van der Waals surface area contributed by atoms with Gasteiger partial charge in [0.1, 0.15) is 14.7 Å². The van der Waals surface area contributed by atoms with Gasteiger partial charge in [0.15, 0.2) is 0 Å². The van der Waals surface area contributed by atoms with Crippen LogP contribution in [0.3, 0.4) is 0 Å². The number of hydrogen-bond donors (Lipinski definition) is 3. The van der Waals surface area contributed by atoms with E-state index in [1.807, 2.05) is 0 Å². The van der Waals surface area contributed by atoms with E-state index in [2.05, 4.69) is 0 Å². The molecule has 3 N–H and O–H groups in total. The van der Waals surface area contributed by atoms with Crippen molar-refractivity contribution in [3.05, 3.63) is 18.2 Å². The molecule has 0 heterocycles. The normalized spacial score (nSPS) is 12.8. The van der Waals surface area contributed by atoms with E-state index in [0.717, 1.165) is 6.07 Å². The molecule has 0 atom stereocenters. The second kappa shape index (κ2) is 5.75. The van der Waals surface area contributed by atoms with Crippen LogP contribution in [0.5, 0.6) is 0 Å². The summed E-state index contributed by atoms with van der Waals surface area (Å²) < 4.78 is 91.8. The van der Waals surface area contributed by atoms with Crippen molar-refractivity contribution < 1.29 is 38.9 Å². The van der Waals surface area contributed by atoms with E-state index in [0.29, 0.717) is 12.1 Å². The zero-order valence-electron chi connectivity index (χ0n) is 8.25. The van der Waals surface area contributed by atoms with Gasteiger partial charge in [-0.15, -0.1) is 0 Å². The van der Waals surface area contributed by atoms with Crippen LogP contribution in [0.1, 0.15) is 0 Å². The van der Waals surface area contributed by atoms with Gasteiger partial charge in [-0.05, 0) is 12.1 Å². The van der Waals surface area contributed by atoms with E-state index in [9.17, 15) is 25.3 Å². The summed E-state index contributed by atoms with van der Waals surface area (Å²) in [7, 11) is -15.5. The van der Waals surface area contributed by atoms with Gasteiger partial charge in [-0.1, -0.05) is 6.07 Å². The van der Waals surface area contributed by atoms with Crippen LogP contribution < -0.4 is 0 Å². The molecule has 0 fully saturated rings. The maximum absolute atomic E-state index is 11.0. The van der Waals surface area contributed by atoms with E-state index in [4.69, 9.17) is 13.7 Å². The van der Waals surface area contributed by atoms with E-state index in [1.165, 1.54) is 0 Å². The van der Waals surface area contributed by atoms with Crippen molar-refractivity contribution in [3.63, 3.8) is 0 Å². The molecule has 0 radical (unpaired) electrons. The molecule has 1 aromatic carbocycles. The molecule has 104 valence electrons. The Bertz CT molecular complexity index is 740. The summed E-state index contributed by atoms with van der Waals surface area (Å²) in [5, 5.41) is 0. The van der Waals surface area contributed by atoms with Crippen molar-refractivity contribution in [2.45, 2.75) is 14.7 Å². The fourth-order valence-corrected chi connectivity index (χ4v) is 4.32. The molecule has 1 aromatic rings. The van der Waals surface area contributed by atoms with Crippen LogP contribution in [0.25, 0.3) is 0 Å². The predicted molar refractivity (Wildman–Crippen MR) is 63.0 cm³/mol. The molecule has 0 saturated carbocycles. The first kappa shape index (κ1) is 18.9. The number of benzene rings is 1. The average molecular weight is 342 g/mol. The first-order valence-electron chi connectivity index (χ1n) is 3.90. The molecule has 0 amide bonds. The van der Waals surface area contributed by atoms with Gasteiger partial charge in [-0.25, -0.2) is 0 Å². The van der Waals surface area contributed by atoms with Gasteiger partial charge in [0.25, 0.3) is 30.4 Å². The van der Waals surface area contributed by atoms with Gasteiger partial charge in [-0.3, -0.25) is 13.7 Å². The molecule has 0 aliphatic rings. The van der Waals surface area contributed by atoms with Gasteiger partial charge >= 0.3 is 29.6 Å². The number of hydrogen-bond acceptors (Lipinski definition) is 6. The summed E-state index contributed by atoms with van der Waals surface area (Å²) in [5.41, 5.74) is 0. The Kier molecular flexibility index (Phi) is 5.73. The van der Waals surface area contributed by atoms with Crippen LogP contribution in [-0.4, -0.2) is 68.5 Å². The molecule has 19 heavy (non-hydrogen) atoms. The molecule has 0 saturated heterocycles.